The van der Waals surface area contributed by atoms with E-state index in [1.165, 1.54) is 6.42 Å². The van der Waals surface area contributed by atoms with E-state index in [4.69, 9.17) is 4.74 Å². The average Bonchev–Trinajstić information content (AvgIpc) is 2.20. The SMILES string of the molecule is CNC(C)CNC(=O)CC1(OC)CCC1. The summed E-state index contributed by atoms with van der Waals surface area (Å²) in [7, 11) is 3.59. The van der Waals surface area contributed by atoms with Crippen LogP contribution in [-0.4, -0.2) is 38.3 Å². The lowest BCUT2D eigenvalue weighted by molar-refractivity contribution is -0.134. The first-order valence-electron chi connectivity index (χ1n) is 5.61. The Hall–Kier alpha value is -0.610. The van der Waals surface area contributed by atoms with Crippen molar-refractivity contribution in [3.63, 3.8) is 0 Å². The highest BCUT2D eigenvalue weighted by molar-refractivity contribution is 5.77. The molecular weight excluding hydrogens is 192 g/mol. The number of likely N-dealkylation sites (N-methyl/N-ethyl adjacent to an activating group) is 1. The zero-order chi connectivity index (χ0) is 11.3. The molecule has 88 valence electrons. The quantitative estimate of drug-likeness (QED) is 0.683. The molecule has 4 nitrogen and oxygen atoms in total. The van der Waals surface area contributed by atoms with Crippen LogP contribution in [-0.2, 0) is 9.53 Å². The molecule has 0 aromatic heterocycles. The van der Waals surface area contributed by atoms with Gasteiger partial charge in [0.25, 0.3) is 0 Å². The molecule has 1 atom stereocenters. The Kier molecular flexibility index (Phi) is 4.54. The predicted octanol–water partition coefficient (Wildman–Crippen LogP) is 0.670. The molecular formula is C11H22N2O2. The molecule has 1 amide bonds. The zero-order valence-corrected chi connectivity index (χ0v) is 9.93. The van der Waals surface area contributed by atoms with Gasteiger partial charge in [0, 0.05) is 19.7 Å². The predicted molar refractivity (Wildman–Crippen MR) is 59.7 cm³/mol. The topological polar surface area (TPSA) is 50.4 Å². The molecule has 0 aromatic carbocycles. The smallest absolute Gasteiger partial charge is 0.222 e. The van der Waals surface area contributed by atoms with Crippen LogP contribution in [0.2, 0.25) is 0 Å². The van der Waals surface area contributed by atoms with Crippen LogP contribution >= 0.6 is 0 Å². The van der Waals surface area contributed by atoms with Gasteiger partial charge in [-0.1, -0.05) is 0 Å². The summed E-state index contributed by atoms with van der Waals surface area (Å²) in [6, 6.07) is 0.314. The van der Waals surface area contributed by atoms with Gasteiger partial charge >= 0.3 is 0 Å². The van der Waals surface area contributed by atoms with Gasteiger partial charge in [-0.25, -0.2) is 0 Å². The molecule has 2 N–H and O–H groups in total. The van der Waals surface area contributed by atoms with Crippen LogP contribution < -0.4 is 10.6 Å². The Morgan fingerprint density at radius 1 is 1.53 bits per heavy atom. The Labute approximate surface area is 91.8 Å². The second-order valence-corrected chi connectivity index (χ2v) is 4.41. The van der Waals surface area contributed by atoms with Crippen molar-refractivity contribution in [2.45, 2.75) is 44.2 Å². The monoisotopic (exact) mass is 214 g/mol. The first-order valence-corrected chi connectivity index (χ1v) is 5.61. The van der Waals surface area contributed by atoms with E-state index in [-0.39, 0.29) is 11.5 Å². The molecule has 0 saturated heterocycles. The number of carbonyl (C=O) groups is 1. The van der Waals surface area contributed by atoms with Crippen molar-refractivity contribution in [3.8, 4) is 0 Å². The van der Waals surface area contributed by atoms with Gasteiger partial charge < -0.3 is 15.4 Å². The number of rotatable bonds is 6. The van der Waals surface area contributed by atoms with Crippen molar-refractivity contribution in [2.24, 2.45) is 0 Å². The minimum absolute atomic E-state index is 0.0960. The maximum Gasteiger partial charge on any atom is 0.222 e. The molecule has 0 spiro atoms. The molecule has 4 heteroatoms. The van der Waals surface area contributed by atoms with E-state index < -0.39 is 0 Å². The number of carbonyl (C=O) groups excluding carboxylic acids is 1. The maximum absolute atomic E-state index is 11.6. The number of hydrogen-bond donors (Lipinski definition) is 2. The molecule has 1 unspecified atom stereocenters. The van der Waals surface area contributed by atoms with Crippen molar-refractivity contribution < 1.29 is 9.53 Å². The van der Waals surface area contributed by atoms with Crippen LogP contribution in [0.3, 0.4) is 0 Å². The Morgan fingerprint density at radius 2 is 2.20 bits per heavy atom. The highest BCUT2D eigenvalue weighted by Gasteiger charge is 2.38. The minimum Gasteiger partial charge on any atom is -0.378 e. The molecule has 1 fully saturated rings. The van der Waals surface area contributed by atoms with Gasteiger partial charge in [0.2, 0.25) is 5.91 Å². The Bertz CT molecular complexity index is 209. The fourth-order valence-electron chi connectivity index (χ4n) is 1.75. The summed E-state index contributed by atoms with van der Waals surface area (Å²) in [5.41, 5.74) is -0.160. The second-order valence-electron chi connectivity index (χ2n) is 4.41. The zero-order valence-electron chi connectivity index (χ0n) is 9.93. The van der Waals surface area contributed by atoms with Crippen LogP contribution in [0.1, 0.15) is 32.6 Å². The molecule has 15 heavy (non-hydrogen) atoms. The third kappa shape index (κ3) is 3.47. The van der Waals surface area contributed by atoms with Crippen LogP contribution in [0.5, 0.6) is 0 Å². The lowest BCUT2D eigenvalue weighted by Gasteiger charge is -2.40. The molecule has 0 radical (unpaired) electrons. The molecule has 0 bridgehead atoms. The summed E-state index contributed by atoms with van der Waals surface area (Å²) >= 11 is 0. The van der Waals surface area contributed by atoms with Gasteiger partial charge in [-0.05, 0) is 33.2 Å². The van der Waals surface area contributed by atoms with E-state index in [0.717, 1.165) is 12.8 Å². The third-order valence-corrected chi connectivity index (χ3v) is 3.28. The Balaban J connectivity index is 2.23. The van der Waals surface area contributed by atoms with Gasteiger partial charge in [0.05, 0.1) is 12.0 Å². The number of amides is 1. The molecule has 0 heterocycles. The molecule has 1 aliphatic carbocycles. The number of ether oxygens (including phenoxy) is 1. The van der Waals surface area contributed by atoms with Gasteiger partial charge in [-0.15, -0.1) is 0 Å². The van der Waals surface area contributed by atoms with Crippen molar-refractivity contribution in [2.75, 3.05) is 20.7 Å². The molecule has 0 aromatic rings. The largest absolute Gasteiger partial charge is 0.378 e. The number of hydrogen-bond acceptors (Lipinski definition) is 3. The normalized spacial score (nSPS) is 20.5. The lowest BCUT2D eigenvalue weighted by atomic mass is 9.77. The van der Waals surface area contributed by atoms with E-state index in [0.29, 0.717) is 19.0 Å². The summed E-state index contributed by atoms with van der Waals surface area (Å²) in [6.07, 6.45) is 3.70. The summed E-state index contributed by atoms with van der Waals surface area (Å²) < 4.78 is 5.40. The van der Waals surface area contributed by atoms with Crippen molar-refractivity contribution in [3.05, 3.63) is 0 Å². The standard InChI is InChI=1S/C11H22N2O2/c1-9(12-2)8-13-10(14)7-11(15-3)5-4-6-11/h9,12H,4-8H2,1-3H3,(H,13,14). The third-order valence-electron chi connectivity index (χ3n) is 3.28. The van der Waals surface area contributed by atoms with Crippen molar-refractivity contribution in [1.82, 2.24) is 10.6 Å². The molecule has 0 aliphatic heterocycles. The van der Waals surface area contributed by atoms with E-state index in [1.54, 1.807) is 7.11 Å². The van der Waals surface area contributed by atoms with Crippen LogP contribution in [0, 0.1) is 0 Å². The van der Waals surface area contributed by atoms with E-state index in [1.807, 2.05) is 14.0 Å². The van der Waals surface area contributed by atoms with Gasteiger partial charge in [-0.2, -0.15) is 0 Å². The highest BCUT2D eigenvalue weighted by Crippen LogP contribution is 2.37. The van der Waals surface area contributed by atoms with Crippen LogP contribution in [0.4, 0.5) is 0 Å². The molecule has 1 rings (SSSR count). The second kappa shape index (κ2) is 5.47. The summed E-state index contributed by atoms with van der Waals surface area (Å²) in [5.74, 6) is 0.0960. The minimum atomic E-state index is -0.160. The highest BCUT2D eigenvalue weighted by atomic mass is 16.5. The van der Waals surface area contributed by atoms with Gasteiger partial charge in [-0.3, -0.25) is 4.79 Å². The van der Waals surface area contributed by atoms with E-state index >= 15 is 0 Å². The van der Waals surface area contributed by atoms with Crippen molar-refractivity contribution in [1.29, 1.82) is 0 Å². The lowest BCUT2D eigenvalue weighted by Crippen LogP contribution is -2.45. The fourth-order valence-corrected chi connectivity index (χ4v) is 1.75. The van der Waals surface area contributed by atoms with Gasteiger partial charge in [0.15, 0.2) is 0 Å². The maximum atomic E-state index is 11.6. The molecule has 1 saturated carbocycles. The summed E-state index contributed by atoms with van der Waals surface area (Å²) in [5, 5.41) is 5.99. The summed E-state index contributed by atoms with van der Waals surface area (Å²) in [4.78, 5) is 11.6. The van der Waals surface area contributed by atoms with Gasteiger partial charge in [0.1, 0.15) is 0 Å². The van der Waals surface area contributed by atoms with E-state index in [9.17, 15) is 4.79 Å². The van der Waals surface area contributed by atoms with Crippen LogP contribution in [0.15, 0.2) is 0 Å². The Morgan fingerprint density at radius 3 is 2.60 bits per heavy atom. The van der Waals surface area contributed by atoms with Crippen molar-refractivity contribution >= 4 is 5.91 Å². The number of nitrogens with one attached hydrogen (secondary N) is 2. The average molecular weight is 214 g/mol. The van der Waals surface area contributed by atoms with Crippen LogP contribution in [0.25, 0.3) is 0 Å². The fraction of sp³-hybridized carbons (Fsp3) is 0.909. The first kappa shape index (κ1) is 12.5. The first-order chi connectivity index (χ1) is 7.12. The molecule has 1 aliphatic rings. The number of methoxy groups -OCH3 is 1. The van der Waals surface area contributed by atoms with E-state index in [2.05, 4.69) is 10.6 Å². The summed E-state index contributed by atoms with van der Waals surface area (Å²) in [6.45, 7) is 2.71.